The molecule has 1 saturated heterocycles. The van der Waals surface area contributed by atoms with Crippen molar-refractivity contribution in [2.45, 2.75) is 6.92 Å². The van der Waals surface area contributed by atoms with Crippen LogP contribution in [0.2, 0.25) is 0 Å². The molecule has 0 saturated carbocycles. The average Bonchev–Trinajstić information content (AvgIpc) is 2.75. The highest BCUT2D eigenvalue weighted by molar-refractivity contribution is 5.94. The minimum absolute atomic E-state index is 0.0247. The van der Waals surface area contributed by atoms with E-state index in [9.17, 15) is 14.7 Å². The largest absolute Gasteiger partial charge is 0.508 e. The lowest BCUT2D eigenvalue weighted by molar-refractivity contribution is 0.0303. The van der Waals surface area contributed by atoms with Crippen LogP contribution < -0.4 is 5.69 Å². The van der Waals surface area contributed by atoms with Crippen LogP contribution >= 0.6 is 0 Å². The van der Waals surface area contributed by atoms with Crippen molar-refractivity contribution in [3.05, 3.63) is 70.1 Å². The molecule has 4 rings (SSSR count). The Morgan fingerprint density at radius 1 is 1.07 bits per heavy atom. The van der Waals surface area contributed by atoms with Crippen LogP contribution in [0.3, 0.4) is 0 Å². The van der Waals surface area contributed by atoms with Crippen molar-refractivity contribution in [3.8, 4) is 28.3 Å². The minimum atomic E-state index is -0.461. The molecule has 29 heavy (non-hydrogen) atoms. The van der Waals surface area contributed by atoms with Gasteiger partial charge in [-0.1, -0.05) is 12.1 Å². The average molecular weight is 391 g/mol. The zero-order valence-electron chi connectivity index (χ0n) is 16.0. The molecule has 148 valence electrons. The molecule has 0 atom stereocenters. The molecular formula is C22H21N3O4. The number of ether oxygens (including phenoxy) is 1. The number of phenolic OH excluding ortho intramolecular Hbond substituents is 1. The van der Waals surface area contributed by atoms with Crippen molar-refractivity contribution < 1.29 is 14.6 Å². The Bertz CT molecular complexity index is 1100. The number of H-pyrrole nitrogens is 1. The Morgan fingerprint density at radius 3 is 2.45 bits per heavy atom. The van der Waals surface area contributed by atoms with Crippen LogP contribution in [0.1, 0.15) is 15.9 Å². The standard InChI is InChI=1S/C22H21N3O4/c1-14-12-17(6-7-20(14)26)19-13-18(23-22(28)24-19)15-2-4-16(5-3-15)21(27)25-8-10-29-11-9-25/h2-7,12-13,26H,8-11H2,1H3,(H,23,24,28). The molecule has 7 nitrogen and oxygen atoms in total. The van der Waals surface area contributed by atoms with Gasteiger partial charge in [0.15, 0.2) is 0 Å². The van der Waals surface area contributed by atoms with Gasteiger partial charge in [0.1, 0.15) is 5.75 Å². The molecule has 7 heteroatoms. The van der Waals surface area contributed by atoms with Crippen molar-refractivity contribution in [1.29, 1.82) is 0 Å². The Kier molecular flexibility index (Phi) is 5.14. The summed E-state index contributed by atoms with van der Waals surface area (Å²) in [4.78, 5) is 33.2. The van der Waals surface area contributed by atoms with E-state index in [0.717, 1.165) is 11.1 Å². The molecule has 3 aromatic rings. The SMILES string of the molecule is Cc1cc(-c2cc(-c3ccc(C(=O)N4CCOCC4)cc3)[nH]c(=O)n2)ccc1O. The number of nitrogens with zero attached hydrogens (tertiary/aromatic N) is 2. The molecule has 2 aromatic carbocycles. The highest BCUT2D eigenvalue weighted by Gasteiger charge is 2.18. The van der Waals surface area contributed by atoms with Crippen LogP contribution in [0.15, 0.2) is 53.3 Å². The van der Waals surface area contributed by atoms with E-state index in [1.54, 1.807) is 48.2 Å². The zero-order chi connectivity index (χ0) is 20.4. The van der Waals surface area contributed by atoms with E-state index in [4.69, 9.17) is 4.74 Å². The number of hydrogen-bond acceptors (Lipinski definition) is 5. The fourth-order valence-corrected chi connectivity index (χ4v) is 3.32. The van der Waals surface area contributed by atoms with Crippen LogP contribution in [0.5, 0.6) is 5.75 Å². The van der Waals surface area contributed by atoms with E-state index in [1.807, 2.05) is 12.1 Å². The second kappa shape index (κ2) is 7.89. The number of morpholine rings is 1. The summed E-state index contributed by atoms with van der Waals surface area (Å²) in [7, 11) is 0. The molecule has 1 aliphatic heterocycles. The zero-order valence-corrected chi connectivity index (χ0v) is 16.0. The van der Waals surface area contributed by atoms with Crippen molar-refractivity contribution in [1.82, 2.24) is 14.9 Å². The first-order valence-corrected chi connectivity index (χ1v) is 9.40. The van der Waals surface area contributed by atoms with Crippen molar-refractivity contribution in [3.63, 3.8) is 0 Å². The van der Waals surface area contributed by atoms with E-state index in [-0.39, 0.29) is 11.7 Å². The molecule has 1 amide bonds. The van der Waals surface area contributed by atoms with Gasteiger partial charge in [0, 0.05) is 24.2 Å². The van der Waals surface area contributed by atoms with E-state index >= 15 is 0 Å². The number of phenols is 1. The Morgan fingerprint density at radius 2 is 1.76 bits per heavy atom. The van der Waals surface area contributed by atoms with Gasteiger partial charge in [-0.25, -0.2) is 4.79 Å². The summed E-state index contributed by atoms with van der Waals surface area (Å²) in [6.45, 7) is 4.08. The minimum Gasteiger partial charge on any atom is -0.508 e. The monoisotopic (exact) mass is 391 g/mol. The number of aromatic nitrogens is 2. The summed E-state index contributed by atoms with van der Waals surface area (Å²) in [6.07, 6.45) is 0. The number of carbonyl (C=O) groups is 1. The van der Waals surface area contributed by atoms with Crippen molar-refractivity contribution >= 4 is 5.91 Å². The van der Waals surface area contributed by atoms with Crippen LogP contribution in [0.4, 0.5) is 0 Å². The number of carbonyl (C=O) groups excluding carboxylic acids is 1. The Labute approximate surface area is 167 Å². The van der Waals surface area contributed by atoms with Gasteiger partial charge >= 0.3 is 5.69 Å². The molecule has 1 fully saturated rings. The van der Waals surface area contributed by atoms with E-state index in [0.29, 0.717) is 48.8 Å². The lowest BCUT2D eigenvalue weighted by Gasteiger charge is -2.26. The third-order valence-corrected chi connectivity index (χ3v) is 4.98. The molecule has 1 aliphatic rings. The van der Waals surface area contributed by atoms with Crippen LogP contribution in [-0.2, 0) is 4.74 Å². The molecule has 0 radical (unpaired) electrons. The predicted molar refractivity (Wildman–Crippen MR) is 109 cm³/mol. The van der Waals surface area contributed by atoms with Gasteiger partial charge in [-0.05, 0) is 54.4 Å². The number of amides is 1. The number of benzene rings is 2. The normalized spacial score (nSPS) is 14.0. The summed E-state index contributed by atoms with van der Waals surface area (Å²) < 4.78 is 5.29. The number of aromatic amines is 1. The molecule has 2 heterocycles. The van der Waals surface area contributed by atoms with E-state index in [1.165, 1.54) is 0 Å². The summed E-state index contributed by atoms with van der Waals surface area (Å²) in [5.74, 6) is 0.169. The molecule has 2 N–H and O–H groups in total. The van der Waals surface area contributed by atoms with Gasteiger partial charge in [0.05, 0.1) is 24.6 Å². The lowest BCUT2D eigenvalue weighted by atomic mass is 10.0. The molecule has 0 bridgehead atoms. The van der Waals surface area contributed by atoms with Gasteiger partial charge in [-0.2, -0.15) is 4.98 Å². The molecule has 1 aromatic heterocycles. The number of hydrogen-bond donors (Lipinski definition) is 2. The number of nitrogens with one attached hydrogen (secondary N) is 1. The summed E-state index contributed by atoms with van der Waals surface area (Å²) in [5, 5.41) is 9.72. The van der Waals surface area contributed by atoms with Gasteiger partial charge < -0.3 is 19.7 Å². The topological polar surface area (TPSA) is 95.5 Å². The van der Waals surface area contributed by atoms with Gasteiger partial charge in [-0.15, -0.1) is 0 Å². The predicted octanol–water partition coefficient (Wildman–Crippen LogP) is 2.59. The van der Waals surface area contributed by atoms with Gasteiger partial charge in [0.2, 0.25) is 0 Å². The summed E-state index contributed by atoms with van der Waals surface area (Å²) in [6, 6.07) is 14.0. The second-order valence-corrected chi connectivity index (χ2v) is 6.97. The molecule has 0 aliphatic carbocycles. The highest BCUT2D eigenvalue weighted by atomic mass is 16.5. The van der Waals surface area contributed by atoms with E-state index in [2.05, 4.69) is 9.97 Å². The van der Waals surface area contributed by atoms with Gasteiger partial charge in [0.25, 0.3) is 5.91 Å². The number of rotatable bonds is 3. The molecule has 0 spiro atoms. The van der Waals surface area contributed by atoms with Crippen LogP contribution in [0, 0.1) is 6.92 Å². The van der Waals surface area contributed by atoms with Crippen molar-refractivity contribution in [2.24, 2.45) is 0 Å². The first-order valence-electron chi connectivity index (χ1n) is 9.40. The van der Waals surface area contributed by atoms with Crippen molar-refractivity contribution in [2.75, 3.05) is 26.3 Å². The number of aromatic hydroxyl groups is 1. The Hall–Kier alpha value is -3.45. The van der Waals surface area contributed by atoms with Gasteiger partial charge in [-0.3, -0.25) is 4.79 Å². The second-order valence-electron chi connectivity index (χ2n) is 6.97. The number of aryl methyl sites for hydroxylation is 1. The molecule has 0 unspecified atom stereocenters. The quantitative estimate of drug-likeness (QED) is 0.716. The van der Waals surface area contributed by atoms with Crippen LogP contribution in [0.25, 0.3) is 22.5 Å². The maximum absolute atomic E-state index is 12.6. The van der Waals surface area contributed by atoms with Crippen LogP contribution in [-0.4, -0.2) is 52.2 Å². The molecular weight excluding hydrogens is 370 g/mol. The third-order valence-electron chi connectivity index (χ3n) is 4.98. The van der Waals surface area contributed by atoms with E-state index < -0.39 is 5.69 Å². The Balaban J connectivity index is 1.63. The summed E-state index contributed by atoms with van der Waals surface area (Å²) in [5.41, 5.74) is 3.48. The maximum atomic E-state index is 12.6. The maximum Gasteiger partial charge on any atom is 0.345 e. The summed E-state index contributed by atoms with van der Waals surface area (Å²) >= 11 is 0. The first kappa shape index (κ1) is 18.9. The fraction of sp³-hybridized carbons (Fsp3) is 0.227. The fourth-order valence-electron chi connectivity index (χ4n) is 3.32. The first-order chi connectivity index (χ1) is 14.0. The highest BCUT2D eigenvalue weighted by Crippen LogP contribution is 2.26. The smallest absolute Gasteiger partial charge is 0.345 e. The third kappa shape index (κ3) is 4.05. The lowest BCUT2D eigenvalue weighted by Crippen LogP contribution is -2.40.